The van der Waals surface area contributed by atoms with Crippen molar-refractivity contribution < 1.29 is 41.8 Å². The van der Waals surface area contributed by atoms with Crippen LogP contribution in [0.3, 0.4) is 0 Å². The van der Waals surface area contributed by atoms with Crippen molar-refractivity contribution in [2.45, 2.75) is 83.5 Å². The van der Waals surface area contributed by atoms with E-state index in [0.717, 1.165) is 75.7 Å². The largest absolute Gasteiger partial charge is 0.463 e. The van der Waals surface area contributed by atoms with Gasteiger partial charge in [0.2, 0.25) is 0 Å². The number of nitrogens with two attached hydrogens (primary N) is 1. The molecule has 4 heterocycles. The molecule has 3 saturated heterocycles. The van der Waals surface area contributed by atoms with Gasteiger partial charge >= 0.3 is 24.3 Å². The molecule has 13 nitrogen and oxygen atoms in total. The van der Waals surface area contributed by atoms with Crippen molar-refractivity contribution in [1.29, 1.82) is 0 Å². The Morgan fingerprint density at radius 1 is 0.917 bits per heavy atom. The molecule has 0 bridgehead atoms. The summed E-state index contributed by atoms with van der Waals surface area (Å²) in [6.45, 7) is 10.8. The van der Waals surface area contributed by atoms with Crippen LogP contribution in [0.25, 0.3) is 0 Å². The predicted molar refractivity (Wildman–Crippen MR) is 223 cm³/mol. The highest BCUT2D eigenvalue weighted by Crippen LogP contribution is 2.39. The fraction of sp³-hybridized carbons (Fsp3) is 0.628. The smallest absolute Gasteiger partial charge is 0.418 e. The van der Waals surface area contributed by atoms with Crippen LogP contribution in [0, 0.1) is 11.8 Å². The Morgan fingerprint density at radius 2 is 1.55 bits per heavy atom. The average molecular weight is 862 g/mol. The number of carbonyl (C=O) groups is 4. The molecule has 2 aromatic carbocycles. The molecule has 330 valence electrons. The van der Waals surface area contributed by atoms with E-state index in [2.05, 4.69) is 29.0 Å². The second kappa shape index (κ2) is 20.5. The Balaban J connectivity index is 1.04. The predicted octanol–water partition coefficient (Wildman–Crippen LogP) is 6.38. The Bertz CT molecular complexity index is 1810. The quantitative estimate of drug-likeness (QED) is 0.174. The number of esters is 1. The fourth-order valence-corrected chi connectivity index (χ4v) is 9.39. The summed E-state index contributed by atoms with van der Waals surface area (Å²) in [6.07, 6.45) is -2.25. The van der Waals surface area contributed by atoms with Crippen molar-refractivity contribution in [2.75, 3.05) is 89.6 Å². The molecule has 0 aliphatic carbocycles. The molecule has 3 N–H and O–H groups in total. The third-order valence-corrected chi connectivity index (χ3v) is 13.1. The minimum atomic E-state index is -4.79. The summed E-state index contributed by atoms with van der Waals surface area (Å²) >= 11 is 6.16. The highest BCUT2D eigenvalue weighted by Gasteiger charge is 2.39. The summed E-state index contributed by atoms with van der Waals surface area (Å²) in [5.74, 6) is 0.109. The van der Waals surface area contributed by atoms with Crippen LogP contribution < -0.4 is 11.1 Å². The van der Waals surface area contributed by atoms with Crippen LogP contribution in [-0.4, -0.2) is 139 Å². The molecule has 2 aromatic rings. The highest BCUT2D eigenvalue weighted by atomic mass is 35.5. The first-order chi connectivity index (χ1) is 28.7. The van der Waals surface area contributed by atoms with Gasteiger partial charge in [-0.3, -0.25) is 14.5 Å². The van der Waals surface area contributed by atoms with Crippen molar-refractivity contribution >= 4 is 47.0 Å². The van der Waals surface area contributed by atoms with Crippen molar-refractivity contribution in [3.05, 3.63) is 58.1 Å². The average Bonchev–Trinajstić information content (AvgIpc) is 3.41. The van der Waals surface area contributed by atoms with E-state index in [1.165, 1.54) is 11.0 Å². The normalized spacial score (nSPS) is 19.4. The number of rotatable bonds is 13. The van der Waals surface area contributed by atoms with Crippen molar-refractivity contribution in [2.24, 2.45) is 11.8 Å². The molecular formula is C43H59ClF3N7O6. The lowest BCUT2D eigenvalue weighted by molar-refractivity contribution is -0.145. The van der Waals surface area contributed by atoms with Crippen LogP contribution in [-0.2, 0) is 38.1 Å². The Labute approximate surface area is 355 Å². The molecule has 0 spiro atoms. The van der Waals surface area contributed by atoms with Gasteiger partial charge in [0.15, 0.2) is 6.10 Å². The lowest BCUT2D eigenvalue weighted by Crippen LogP contribution is -2.52. The van der Waals surface area contributed by atoms with Crippen LogP contribution in [0.5, 0.6) is 0 Å². The molecule has 4 amide bonds. The summed E-state index contributed by atoms with van der Waals surface area (Å²) < 4.78 is 53.2. The van der Waals surface area contributed by atoms with E-state index in [1.807, 2.05) is 24.3 Å². The second-order valence-corrected chi connectivity index (χ2v) is 16.8. The van der Waals surface area contributed by atoms with Crippen molar-refractivity contribution in [3.63, 3.8) is 0 Å². The second-order valence-electron chi connectivity index (χ2n) is 16.4. The van der Waals surface area contributed by atoms with Gasteiger partial charge in [0.1, 0.15) is 6.61 Å². The summed E-state index contributed by atoms with van der Waals surface area (Å²) in [5.41, 5.74) is 5.86. The van der Waals surface area contributed by atoms with Crippen LogP contribution >= 0.6 is 11.6 Å². The zero-order valence-electron chi connectivity index (χ0n) is 34.7. The van der Waals surface area contributed by atoms with Gasteiger partial charge in [-0.1, -0.05) is 43.6 Å². The van der Waals surface area contributed by atoms with Crippen LogP contribution in [0.15, 0.2) is 36.4 Å². The number of fused-ring (bicyclic) bond motifs is 1. The highest BCUT2D eigenvalue weighted by molar-refractivity contribution is 6.33. The van der Waals surface area contributed by atoms with E-state index >= 15 is 0 Å². The number of nitrogens with one attached hydrogen (secondary N) is 1. The third kappa shape index (κ3) is 11.5. The number of carbonyl (C=O) groups excluding carboxylic acids is 4. The van der Waals surface area contributed by atoms with Gasteiger partial charge in [-0.2, -0.15) is 13.2 Å². The number of piperidine rings is 3. The zero-order valence-corrected chi connectivity index (χ0v) is 35.4. The molecular weight excluding hydrogens is 803 g/mol. The number of urea groups is 1. The molecule has 17 heteroatoms. The van der Waals surface area contributed by atoms with Gasteiger partial charge in [-0.15, -0.1) is 0 Å². The number of hydrogen-bond acceptors (Lipinski definition) is 9. The Hall–Kier alpha value is -4.28. The number of nitrogen functional groups attached to an aromatic ring is 1. The molecule has 6 rings (SSSR count). The molecule has 3 fully saturated rings. The maximum atomic E-state index is 14.2. The molecule has 4 aliphatic rings. The standard InChI is InChI=1S/C43H59ClF3N7O6/c1-3-50(4-2)23-24-59-38(55)28-51-16-9-30(10-17-51)31-11-18-52(19-12-31)40(56)37(27-29-25-34(43(45,46)47)39(48)35(44)26-29)60-42(58)53-20-14-33(15-21-53)54-22-13-32-7-5-6-8-36(32)49-41(54)57/h5-8,25-26,30-31,33,37H,3-4,9-24,27-28,48H2,1-2H3,(H,49,57)/t37-/m1/s1. The van der Waals surface area contributed by atoms with Crippen molar-refractivity contribution in [3.8, 4) is 0 Å². The van der Waals surface area contributed by atoms with E-state index in [1.54, 1.807) is 9.80 Å². The first-order valence-electron chi connectivity index (χ1n) is 21.4. The maximum absolute atomic E-state index is 14.2. The number of halogens is 4. The summed E-state index contributed by atoms with van der Waals surface area (Å²) in [4.78, 5) is 62.8. The molecule has 0 saturated carbocycles. The third-order valence-electron chi connectivity index (χ3n) is 12.8. The van der Waals surface area contributed by atoms with Gasteiger partial charge in [0, 0.05) is 57.4 Å². The Morgan fingerprint density at radius 3 is 2.20 bits per heavy atom. The molecule has 4 aliphatic heterocycles. The first-order valence-corrected chi connectivity index (χ1v) is 21.8. The lowest BCUT2D eigenvalue weighted by atomic mass is 9.78. The van der Waals surface area contributed by atoms with Crippen molar-refractivity contribution in [1.82, 2.24) is 24.5 Å². The molecule has 0 radical (unpaired) electrons. The number of benzene rings is 2. The zero-order chi connectivity index (χ0) is 43.0. The number of hydrogen-bond donors (Lipinski definition) is 2. The number of amides is 4. The number of para-hydroxylation sites is 1. The fourth-order valence-electron chi connectivity index (χ4n) is 9.15. The molecule has 0 unspecified atom stereocenters. The Kier molecular flexibility index (Phi) is 15.5. The van der Waals surface area contributed by atoms with E-state index in [0.29, 0.717) is 57.3 Å². The van der Waals surface area contributed by atoms with E-state index in [9.17, 15) is 32.3 Å². The topological polar surface area (TPSA) is 141 Å². The maximum Gasteiger partial charge on any atom is 0.418 e. The summed E-state index contributed by atoms with van der Waals surface area (Å²) in [6, 6.07) is 9.50. The first kappa shape index (κ1) is 45.3. The van der Waals surface area contributed by atoms with Gasteiger partial charge in [-0.25, -0.2) is 9.59 Å². The SMILES string of the molecule is CCN(CC)CCOC(=O)CN1CCC(C2CCN(C(=O)[C@@H](Cc3cc(Cl)c(N)c(C(F)(F)F)c3)OC(=O)N3CCC(N4CCc5ccccc5NC4=O)CC3)CC2)CC1. The van der Waals surface area contributed by atoms with Crippen LogP contribution in [0.4, 0.5) is 34.1 Å². The number of nitrogens with zero attached hydrogens (tertiary/aromatic N) is 5. The summed E-state index contributed by atoms with van der Waals surface area (Å²) in [5, 5.41) is 2.68. The van der Waals surface area contributed by atoms with E-state index < -0.39 is 35.5 Å². The number of likely N-dealkylation sites (N-methyl/N-ethyl adjacent to an activating group) is 1. The van der Waals surface area contributed by atoms with Gasteiger partial charge < -0.3 is 40.1 Å². The number of anilines is 2. The summed E-state index contributed by atoms with van der Waals surface area (Å²) in [7, 11) is 0. The van der Waals surface area contributed by atoms with Gasteiger partial charge in [0.05, 0.1) is 22.8 Å². The van der Waals surface area contributed by atoms with Crippen LogP contribution in [0.2, 0.25) is 5.02 Å². The minimum Gasteiger partial charge on any atom is -0.463 e. The molecule has 60 heavy (non-hydrogen) atoms. The number of likely N-dealkylation sites (tertiary alicyclic amines) is 3. The monoisotopic (exact) mass is 861 g/mol. The van der Waals surface area contributed by atoms with Crippen LogP contribution in [0.1, 0.15) is 69.1 Å². The lowest BCUT2D eigenvalue weighted by Gasteiger charge is -2.41. The number of alkyl halides is 3. The number of ether oxygens (including phenoxy) is 2. The molecule has 0 aromatic heterocycles. The van der Waals surface area contributed by atoms with Gasteiger partial charge in [-0.05, 0) is 112 Å². The van der Waals surface area contributed by atoms with E-state index in [4.69, 9.17) is 26.8 Å². The van der Waals surface area contributed by atoms with Gasteiger partial charge in [0.25, 0.3) is 5.91 Å². The van der Waals surface area contributed by atoms with E-state index in [-0.39, 0.29) is 54.7 Å². The minimum absolute atomic E-state index is 0.0639. The molecule has 1 atom stereocenters.